The van der Waals surface area contributed by atoms with Crippen LogP contribution in [0.1, 0.15) is 19.3 Å². The Balaban J connectivity index is 1.67. The Morgan fingerprint density at radius 3 is 2.52 bits per heavy atom. The molecule has 0 heterocycles. The second kappa shape index (κ2) is 7.43. The highest BCUT2D eigenvalue weighted by Gasteiger charge is 2.41. The average molecular weight is 292 g/mol. The van der Waals surface area contributed by atoms with E-state index in [9.17, 15) is 4.79 Å². The Kier molecular flexibility index (Phi) is 5.59. The van der Waals surface area contributed by atoms with E-state index in [-0.39, 0.29) is 5.91 Å². The van der Waals surface area contributed by atoms with Crippen LogP contribution in [0.3, 0.4) is 0 Å². The molecule has 1 aliphatic carbocycles. The van der Waals surface area contributed by atoms with Gasteiger partial charge in [0.1, 0.15) is 5.75 Å². The maximum Gasteiger partial charge on any atom is 0.238 e. The standard InChI is InChI=1S/C16H24N2O3/c1-20-10-9-16(7-8-16)12-17-11-15(19)18-13-3-5-14(21-2)6-4-13/h3-6,17H,7-12H2,1-2H3,(H,18,19). The van der Waals surface area contributed by atoms with E-state index >= 15 is 0 Å². The van der Waals surface area contributed by atoms with E-state index < -0.39 is 0 Å². The molecule has 0 atom stereocenters. The van der Waals surface area contributed by atoms with Gasteiger partial charge in [-0.1, -0.05) is 0 Å². The highest BCUT2D eigenvalue weighted by atomic mass is 16.5. The fourth-order valence-corrected chi connectivity index (χ4v) is 2.33. The lowest BCUT2D eigenvalue weighted by Crippen LogP contribution is -2.32. The lowest BCUT2D eigenvalue weighted by molar-refractivity contribution is -0.115. The first-order chi connectivity index (χ1) is 10.2. The van der Waals surface area contributed by atoms with Crippen molar-refractivity contribution in [1.82, 2.24) is 5.32 Å². The Morgan fingerprint density at radius 2 is 1.95 bits per heavy atom. The predicted octanol–water partition coefficient (Wildman–Crippen LogP) is 2.04. The zero-order chi connectivity index (χ0) is 15.1. The molecule has 116 valence electrons. The van der Waals surface area contributed by atoms with E-state index in [1.165, 1.54) is 12.8 Å². The van der Waals surface area contributed by atoms with Gasteiger partial charge < -0.3 is 20.1 Å². The number of carbonyl (C=O) groups is 1. The second-order valence-electron chi connectivity index (χ2n) is 5.62. The number of carbonyl (C=O) groups excluding carboxylic acids is 1. The summed E-state index contributed by atoms with van der Waals surface area (Å²) < 4.78 is 10.2. The number of hydrogen-bond acceptors (Lipinski definition) is 4. The molecule has 1 aromatic rings. The summed E-state index contributed by atoms with van der Waals surface area (Å²) in [6.45, 7) is 2.01. The summed E-state index contributed by atoms with van der Waals surface area (Å²) in [5, 5.41) is 6.11. The van der Waals surface area contributed by atoms with Gasteiger partial charge in [0.25, 0.3) is 0 Å². The third kappa shape index (κ3) is 5.02. The minimum Gasteiger partial charge on any atom is -0.497 e. The molecule has 1 amide bonds. The van der Waals surface area contributed by atoms with Gasteiger partial charge >= 0.3 is 0 Å². The van der Waals surface area contributed by atoms with E-state index in [2.05, 4.69) is 10.6 Å². The number of benzene rings is 1. The lowest BCUT2D eigenvalue weighted by atomic mass is 10.0. The van der Waals surface area contributed by atoms with Gasteiger partial charge in [-0.25, -0.2) is 0 Å². The molecule has 5 heteroatoms. The molecular weight excluding hydrogens is 268 g/mol. The maximum atomic E-state index is 11.9. The first kappa shape index (κ1) is 15.8. The topological polar surface area (TPSA) is 59.6 Å². The molecule has 0 bridgehead atoms. The van der Waals surface area contributed by atoms with Crippen LogP contribution in [-0.2, 0) is 9.53 Å². The predicted molar refractivity (Wildman–Crippen MR) is 82.7 cm³/mol. The van der Waals surface area contributed by atoms with Gasteiger partial charge in [-0.15, -0.1) is 0 Å². The van der Waals surface area contributed by atoms with Gasteiger partial charge in [0.2, 0.25) is 5.91 Å². The molecule has 2 N–H and O–H groups in total. The zero-order valence-electron chi connectivity index (χ0n) is 12.8. The summed E-state index contributed by atoms with van der Waals surface area (Å²) in [6, 6.07) is 7.31. The molecule has 5 nitrogen and oxygen atoms in total. The van der Waals surface area contributed by atoms with Crippen LogP contribution in [0.15, 0.2) is 24.3 Å². The number of methoxy groups -OCH3 is 2. The van der Waals surface area contributed by atoms with Crippen LogP contribution in [0.4, 0.5) is 5.69 Å². The largest absolute Gasteiger partial charge is 0.497 e. The number of amides is 1. The van der Waals surface area contributed by atoms with Crippen LogP contribution in [0.25, 0.3) is 0 Å². The Bertz CT molecular complexity index is 455. The van der Waals surface area contributed by atoms with Crippen molar-refractivity contribution in [2.24, 2.45) is 5.41 Å². The van der Waals surface area contributed by atoms with Crippen molar-refractivity contribution in [1.29, 1.82) is 0 Å². The molecule has 2 rings (SSSR count). The van der Waals surface area contributed by atoms with Crippen LogP contribution in [0.5, 0.6) is 5.75 Å². The molecule has 1 saturated carbocycles. The highest BCUT2D eigenvalue weighted by molar-refractivity contribution is 5.92. The Hall–Kier alpha value is -1.59. The minimum atomic E-state index is -0.0253. The van der Waals surface area contributed by atoms with Crippen LogP contribution >= 0.6 is 0 Å². The van der Waals surface area contributed by atoms with Gasteiger partial charge in [-0.05, 0) is 48.9 Å². The molecule has 0 unspecified atom stereocenters. The molecule has 0 spiro atoms. The van der Waals surface area contributed by atoms with Gasteiger partial charge in [-0.3, -0.25) is 4.79 Å². The lowest BCUT2D eigenvalue weighted by Gasteiger charge is -2.15. The van der Waals surface area contributed by atoms with Crippen molar-refractivity contribution in [2.45, 2.75) is 19.3 Å². The van der Waals surface area contributed by atoms with Crippen molar-refractivity contribution in [3.63, 3.8) is 0 Å². The first-order valence-electron chi connectivity index (χ1n) is 7.31. The van der Waals surface area contributed by atoms with Gasteiger partial charge in [0, 0.05) is 25.9 Å². The number of hydrogen-bond donors (Lipinski definition) is 2. The highest BCUT2D eigenvalue weighted by Crippen LogP contribution is 2.48. The van der Waals surface area contributed by atoms with Crippen molar-refractivity contribution in [3.05, 3.63) is 24.3 Å². The Labute approximate surface area is 126 Å². The van der Waals surface area contributed by atoms with Gasteiger partial charge in [0.15, 0.2) is 0 Å². The molecule has 0 saturated heterocycles. The smallest absolute Gasteiger partial charge is 0.238 e. The van der Waals surface area contributed by atoms with E-state index in [1.807, 2.05) is 24.3 Å². The van der Waals surface area contributed by atoms with Crippen molar-refractivity contribution in [3.8, 4) is 5.75 Å². The molecule has 1 fully saturated rings. The summed E-state index contributed by atoms with van der Waals surface area (Å²) in [7, 11) is 3.35. The molecule has 1 aliphatic rings. The summed E-state index contributed by atoms with van der Waals surface area (Å²) in [6.07, 6.45) is 3.52. The van der Waals surface area contributed by atoms with Gasteiger partial charge in [-0.2, -0.15) is 0 Å². The normalized spacial score (nSPS) is 15.5. The van der Waals surface area contributed by atoms with Crippen LogP contribution < -0.4 is 15.4 Å². The second-order valence-corrected chi connectivity index (χ2v) is 5.62. The molecule has 0 aliphatic heterocycles. The average Bonchev–Trinajstić information content (AvgIpc) is 3.26. The summed E-state index contributed by atoms with van der Waals surface area (Å²) in [5.74, 6) is 0.752. The zero-order valence-corrected chi connectivity index (χ0v) is 12.8. The fraction of sp³-hybridized carbons (Fsp3) is 0.562. The van der Waals surface area contributed by atoms with Crippen molar-refractivity contribution < 1.29 is 14.3 Å². The molecular formula is C16H24N2O3. The van der Waals surface area contributed by atoms with Crippen LogP contribution in [0, 0.1) is 5.41 Å². The van der Waals surface area contributed by atoms with E-state index in [4.69, 9.17) is 9.47 Å². The summed E-state index contributed by atoms with van der Waals surface area (Å²) in [4.78, 5) is 11.9. The third-order valence-electron chi connectivity index (χ3n) is 3.95. The number of rotatable bonds is 9. The molecule has 0 radical (unpaired) electrons. The van der Waals surface area contributed by atoms with E-state index in [1.54, 1.807) is 14.2 Å². The van der Waals surface area contributed by atoms with E-state index in [0.29, 0.717) is 12.0 Å². The number of ether oxygens (including phenoxy) is 2. The SMILES string of the molecule is COCCC1(CNCC(=O)Nc2ccc(OC)cc2)CC1. The third-order valence-corrected chi connectivity index (χ3v) is 3.95. The first-order valence-corrected chi connectivity index (χ1v) is 7.31. The number of nitrogens with one attached hydrogen (secondary N) is 2. The van der Waals surface area contributed by atoms with Gasteiger partial charge in [0.05, 0.1) is 13.7 Å². The summed E-state index contributed by atoms with van der Waals surface area (Å²) >= 11 is 0. The molecule has 0 aromatic heterocycles. The summed E-state index contributed by atoms with van der Waals surface area (Å²) in [5.41, 5.74) is 1.14. The van der Waals surface area contributed by atoms with Crippen LogP contribution in [0.2, 0.25) is 0 Å². The maximum absolute atomic E-state index is 11.9. The van der Waals surface area contributed by atoms with Crippen LogP contribution in [-0.4, -0.2) is 39.8 Å². The monoisotopic (exact) mass is 292 g/mol. The fourth-order valence-electron chi connectivity index (χ4n) is 2.33. The Morgan fingerprint density at radius 1 is 1.24 bits per heavy atom. The number of anilines is 1. The van der Waals surface area contributed by atoms with Crippen molar-refractivity contribution in [2.75, 3.05) is 39.2 Å². The quantitative estimate of drug-likeness (QED) is 0.731. The molecule has 1 aromatic carbocycles. The van der Waals surface area contributed by atoms with Crippen molar-refractivity contribution >= 4 is 11.6 Å². The minimum absolute atomic E-state index is 0.0253. The van der Waals surface area contributed by atoms with E-state index in [0.717, 1.165) is 31.0 Å². The molecule has 21 heavy (non-hydrogen) atoms.